The number of hydrogen-bond donors (Lipinski definition) is 2. The van der Waals surface area contributed by atoms with E-state index in [1.807, 2.05) is 6.07 Å². The number of carboxylic acids is 1. The maximum Gasteiger partial charge on any atom is 0.333 e. The van der Waals surface area contributed by atoms with Gasteiger partial charge in [0.15, 0.2) is 5.54 Å². The standard InChI is InChI=1S/C15H14FNO2/c1-15(14(18)19,11-5-3-2-4-6-11)17-13-9-7-12(16)8-10-13/h2-10,17H,1H3,(H,18,19). The van der Waals surface area contributed by atoms with Crippen molar-refractivity contribution >= 4 is 11.7 Å². The van der Waals surface area contributed by atoms with Crippen LogP contribution in [0.1, 0.15) is 12.5 Å². The number of rotatable bonds is 4. The third-order valence-corrected chi connectivity index (χ3v) is 3.02. The molecule has 0 fully saturated rings. The second-order valence-electron chi connectivity index (χ2n) is 4.43. The van der Waals surface area contributed by atoms with Gasteiger partial charge in [-0.3, -0.25) is 0 Å². The molecule has 2 rings (SSSR count). The van der Waals surface area contributed by atoms with Gasteiger partial charge < -0.3 is 10.4 Å². The van der Waals surface area contributed by atoms with Gasteiger partial charge >= 0.3 is 5.97 Å². The van der Waals surface area contributed by atoms with E-state index in [1.165, 1.54) is 24.3 Å². The summed E-state index contributed by atoms with van der Waals surface area (Å²) in [6, 6.07) is 14.5. The minimum atomic E-state index is -1.26. The lowest BCUT2D eigenvalue weighted by atomic mass is 9.92. The first-order chi connectivity index (χ1) is 9.02. The lowest BCUT2D eigenvalue weighted by Gasteiger charge is -2.28. The Hall–Kier alpha value is -2.36. The van der Waals surface area contributed by atoms with E-state index < -0.39 is 11.5 Å². The smallest absolute Gasteiger partial charge is 0.333 e. The summed E-state index contributed by atoms with van der Waals surface area (Å²) in [5.74, 6) is -1.36. The van der Waals surface area contributed by atoms with E-state index in [4.69, 9.17) is 0 Å². The second-order valence-corrected chi connectivity index (χ2v) is 4.43. The summed E-state index contributed by atoms with van der Waals surface area (Å²) in [6.07, 6.45) is 0. The quantitative estimate of drug-likeness (QED) is 0.886. The van der Waals surface area contributed by atoms with Gasteiger partial charge in [-0.25, -0.2) is 9.18 Å². The summed E-state index contributed by atoms with van der Waals surface area (Å²) in [6.45, 7) is 1.58. The normalized spacial score (nSPS) is 13.6. The Bertz CT molecular complexity index is 568. The summed E-state index contributed by atoms with van der Waals surface area (Å²) in [7, 11) is 0. The molecular weight excluding hydrogens is 245 g/mol. The summed E-state index contributed by atoms with van der Waals surface area (Å²) in [5, 5.41) is 12.4. The number of anilines is 1. The summed E-state index contributed by atoms with van der Waals surface area (Å²) in [4.78, 5) is 11.6. The zero-order valence-corrected chi connectivity index (χ0v) is 10.4. The van der Waals surface area contributed by atoms with E-state index in [1.54, 1.807) is 31.2 Å². The molecule has 0 bridgehead atoms. The molecule has 0 radical (unpaired) electrons. The van der Waals surface area contributed by atoms with E-state index >= 15 is 0 Å². The van der Waals surface area contributed by atoms with Gasteiger partial charge in [-0.05, 0) is 36.8 Å². The third kappa shape index (κ3) is 2.73. The molecule has 0 saturated carbocycles. The Morgan fingerprint density at radius 3 is 2.21 bits per heavy atom. The molecule has 1 unspecified atom stereocenters. The minimum Gasteiger partial charge on any atom is -0.479 e. The second kappa shape index (κ2) is 5.10. The van der Waals surface area contributed by atoms with Crippen molar-refractivity contribution in [3.8, 4) is 0 Å². The first-order valence-electron chi connectivity index (χ1n) is 5.85. The Kier molecular flexibility index (Phi) is 3.51. The molecular formula is C15H14FNO2. The average molecular weight is 259 g/mol. The number of halogens is 1. The van der Waals surface area contributed by atoms with Crippen LogP contribution in [0.15, 0.2) is 54.6 Å². The van der Waals surface area contributed by atoms with Crippen molar-refractivity contribution in [1.82, 2.24) is 0 Å². The van der Waals surface area contributed by atoms with Crippen molar-refractivity contribution < 1.29 is 14.3 Å². The van der Waals surface area contributed by atoms with E-state index in [9.17, 15) is 14.3 Å². The lowest BCUT2D eigenvalue weighted by molar-refractivity contribution is -0.142. The van der Waals surface area contributed by atoms with Crippen LogP contribution in [0, 0.1) is 5.82 Å². The highest BCUT2D eigenvalue weighted by Crippen LogP contribution is 2.26. The fraction of sp³-hybridized carbons (Fsp3) is 0.133. The van der Waals surface area contributed by atoms with Gasteiger partial charge in [-0.1, -0.05) is 30.3 Å². The number of benzene rings is 2. The molecule has 0 aliphatic rings. The number of carboxylic acid groups (broad SMARTS) is 1. The van der Waals surface area contributed by atoms with E-state index in [2.05, 4.69) is 5.32 Å². The van der Waals surface area contributed by atoms with Crippen LogP contribution in [0.3, 0.4) is 0 Å². The average Bonchev–Trinajstić information content (AvgIpc) is 2.42. The van der Waals surface area contributed by atoms with Gasteiger partial charge in [0.25, 0.3) is 0 Å². The molecule has 0 aromatic heterocycles. The maximum atomic E-state index is 12.9. The molecule has 0 heterocycles. The van der Waals surface area contributed by atoms with Crippen LogP contribution in [0.25, 0.3) is 0 Å². The van der Waals surface area contributed by atoms with Crippen LogP contribution in [0.4, 0.5) is 10.1 Å². The molecule has 0 aliphatic heterocycles. The topological polar surface area (TPSA) is 49.3 Å². The minimum absolute atomic E-state index is 0.359. The zero-order valence-electron chi connectivity index (χ0n) is 10.4. The molecule has 4 heteroatoms. The highest BCUT2D eigenvalue weighted by Gasteiger charge is 2.34. The van der Waals surface area contributed by atoms with Crippen LogP contribution >= 0.6 is 0 Å². The van der Waals surface area contributed by atoms with Crippen LogP contribution in [-0.4, -0.2) is 11.1 Å². The van der Waals surface area contributed by atoms with Gasteiger partial charge in [0.1, 0.15) is 5.82 Å². The van der Waals surface area contributed by atoms with Gasteiger partial charge in [-0.15, -0.1) is 0 Å². The molecule has 0 aliphatic carbocycles. The Balaban J connectivity index is 2.36. The molecule has 19 heavy (non-hydrogen) atoms. The largest absolute Gasteiger partial charge is 0.479 e. The Morgan fingerprint density at radius 1 is 1.11 bits per heavy atom. The van der Waals surface area contributed by atoms with Gasteiger partial charge in [0, 0.05) is 5.69 Å². The number of aliphatic carboxylic acids is 1. The van der Waals surface area contributed by atoms with Crippen molar-refractivity contribution in [2.24, 2.45) is 0 Å². The SMILES string of the molecule is CC(Nc1ccc(F)cc1)(C(=O)O)c1ccccc1. The molecule has 98 valence electrons. The number of nitrogens with one attached hydrogen (secondary N) is 1. The predicted molar refractivity (Wildman–Crippen MR) is 71.5 cm³/mol. The van der Waals surface area contributed by atoms with Crippen LogP contribution < -0.4 is 5.32 Å². The first-order valence-corrected chi connectivity index (χ1v) is 5.85. The fourth-order valence-electron chi connectivity index (χ4n) is 1.84. The molecule has 0 saturated heterocycles. The summed E-state index contributed by atoms with van der Waals surface area (Å²) >= 11 is 0. The van der Waals surface area contributed by atoms with Gasteiger partial charge in [0.2, 0.25) is 0 Å². The zero-order chi connectivity index (χ0) is 13.9. The molecule has 0 spiro atoms. The lowest BCUT2D eigenvalue weighted by Crippen LogP contribution is -2.40. The highest BCUT2D eigenvalue weighted by molar-refractivity contribution is 5.84. The monoisotopic (exact) mass is 259 g/mol. The van der Waals surface area contributed by atoms with Crippen molar-refractivity contribution in [1.29, 1.82) is 0 Å². The van der Waals surface area contributed by atoms with Crippen LogP contribution in [0.5, 0.6) is 0 Å². The van der Waals surface area contributed by atoms with Crippen LogP contribution in [0.2, 0.25) is 0 Å². The first kappa shape index (κ1) is 13.1. The molecule has 2 N–H and O–H groups in total. The Morgan fingerprint density at radius 2 is 1.68 bits per heavy atom. The summed E-state index contributed by atoms with van der Waals surface area (Å²) < 4.78 is 12.9. The van der Waals surface area contributed by atoms with E-state index in [0.717, 1.165) is 0 Å². The highest BCUT2D eigenvalue weighted by atomic mass is 19.1. The number of carbonyl (C=O) groups is 1. The molecule has 0 amide bonds. The van der Waals surface area contributed by atoms with E-state index in [0.29, 0.717) is 11.3 Å². The third-order valence-electron chi connectivity index (χ3n) is 3.02. The maximum absolute atomic E-state index is 12.9. The van der Waals surface area contributed by atoms with Gasteiger partial charge in [-0.2, -0.15) is 0 Å². The number of hydrogen-bond acceptors (Lipinski definition) is 2. The van der Waals surface area contributed by atoms with Crippen LogP contribution in [-0.2, 0) is 10.3 Å². The predicted octanol–water partition coefficient (Wildman–Crippen LogP) is 3.24. The molecule has 3 nitrogen and oxygen atoms in total. The van der Waals surface area contributed by atoms with Gasteiger partial charge in [0.05, 0.1) is 0 Å². The Labute approximate surface area is 110 Å². The van der Waals surface area contributed by atoms with Crippen molar-refractivity contribution in [3.05, 3.63) is 66.0 Å². The van der Waals surface area contributed by atoms with Crippen molar-refractivity contribution in [2.75, 3.05) is 5.32 Å². The summed E-state index contributed by atoms with van der Waals surface area (Å²) in [5.41, 5.74) is -0.0824. The van der Waals surface area contributed by atoms with Crippen molar-refractivity contribution in [2.45, 2.75) is 12.5 Å². The van der Waals surface area contributed by atoms with E-state index in [-0.39, 0.29) is 5.82 Å². The molecule has 1 atom stereocenters. The molecule has 2 aromatic rings. The molecule has 2 aromatic carbocycles. The van der Waals surface area contributed by atoms with Crippen molar-refractivity contribution in [3.63, 3.8) is 0 Å². The fourth-order valence-corrected chi connectivity index (χ4v) is 1.84.